The molecule has 1 saturated heterocycles. The molecule has 0 aromatic rings. The summed E-state index contributed by atoms with van der Waals surface area (Å²) in [4.78, 5) is 0. The van der Waals surface area contributed by atoms with Gasteiger partial charge < -0.3 is 20.1 Å². The number of rotatable bonds is 2. The van der Waals surface area contributed by atoms with Crippen LogP contribution in [-0.4, -0.2) is 46.5 Å². The number of aliphatic hydroxyl groups is 3. The number of ether oxygens (including phenoxy) is 1. The predicted molar refractivity (Wildman–Crippen MR) is 47.5 cm³/mol. The lowest BCUT2D eigenvalue weighted by atomic mass is 10.0. The summed E-state index contributed by atoms with van der Waals surface area (Å²) in [6.07, 6.45) is -3.01. The fourth-order valence-corrected chi connectivity index (χ4v) is 1.45. The van der Waals surface area contributed by atoms with Crippen molar-refractivity contribution in [1.29, 1.82) is 0 Å². The molecule has 2 unspecified atom stereocenters. The van der Waals surface area contributed by atoms with Crippen molar-refractivity contribution < 1.29 is 23.1 Å². The Labute approximate surface area is 84.0 Å². The van der Waals surface area contributed by atoms with Gasteiger partial charge in [-0.05, 0) is 0 Å². The monoisotopic (exact) mass is 290 g/mol. The van der Waals surface area contributed by atoms with E-state index in [-0.39, 0.29) is 13.0 Å². The predicted octanol–water partition coefficient (Wildman–Crippen LogP) is -0.818. The Morgan fingerprint density at radius 3 is 2.67 bits per heavy atom. The lowest BCUT2D eigenvalue weighted by molar-refractivity contribution is -0.220. The molecule has 0 spiro atoms. The third-order valence-electron chi connectivity index (χ3n) is 1.81. The van der Waals surface area contributed by atoms with Gasteiger partial charge in [0, 0.05) is 6.42 Å². The maximum atomic E-state index is 9.26. The maximum Gasteiger partial charge on any atom is 0.172 e. The highest BCUT2D eigenvalue weighted by molar-refractivity contribution is 14.1. The molecule has 0 saturated carbocycles. The summed E-state index contributed by atoms with van der Waals surface area (Å²) in [7, 11) is 0. The molecule has 5 nitrogen and oxygen atoms in total. The van der Waals surface area contributed by atoms with E-state index in [1.165, 1.54) is 0 Å². The summed E-state index contributed by atoms with van der Waals surface area (Å²) in [5.41, 5.74) is 0. The van der Waals surface area contributed by atoms with Crippen LogP contribution in [0.5, 0.6) is 0 Å². The molecule has 12 heavy (non-hydrogen) atoms. The van der Waals surface area contributed by atoms with Crippen LogP contribution < -0.4 is 0 Å². The Balaban J connectivity index is 2.52. The molecule has 6 heteroatoms. The summed E-state index contributed by atoms with van der Waals surface area (Å²) in [6.45, 7) is -0.325. The van der Waals surface area contributed by atoms with Crippen molar-refractivity contribution in [2.24, 2.45) is 0 Å². The molecule has 1 fully saturated rings. The van der Waals surface area contributed by atoms with Crippen LogP contribution in [0.4, 0.5) is 0 Å². The van der Waals surface area contributed by atoms with Crippen LogP contribution in [0, 0.1) is 0 Å². The lowest BCUT2D eigenvalue weighted by Crippen LogP contribution is -2.49. The summed E-state index contributed by atoms with van der Waals surface area (Å²) in [5.74, 6) is 0. The van der Waals surface area contributed by atoms with Gasteiger partial charge in [-0.25, -0.2) is 0 Å². The van der Waals surface area contributed by atoms with E-state index in [0.29, 0.717) is 0 Å². The minimum Gasteiger partial charge on any atom is -0.394 e. The summed E-state index contributed by atoms with van der Waals surface area (Å²) in [5, 5.41) is 27.3. The van der Waals surface area contributed by atoms with Crippen molar-refractivity contribution in [1.82, 2.24) is 0 Å². The molecule has 1 aliphatic rings. The topological polar surface area (TPSA) is 79.2 Å². The molecule has 1 heterocycles. The van der Waals surface area contributed by atoms with E-state index in [0.717, 1.165) is 0 Å². The first-order chi connectivity index (χ1) is 5.69. The van der Waals surface area contributed by atoms with Crippen molar-refractivity contribution in [3.8, 4) is 0 Å². The van der Waals surface area contributed by atoms with Gasteiger partial charge in [0.1, 0.15) is 35.2 Å². The zero-order valence-electron chi connectivity index (χ0n) is 6.26. The van der Waals surface area contributed by atoms with Crippen LogP contribution in [0.15, 0.2) is 0 Å². The average Bonchev–Trinajstić information content (AvgIpc) is 2.09. The Kier molecular flexibility index (Phi) is 4.14. The molecule has 72 valence electrons. The fourth-order valence-electron chi connectivity index (χ4n) is 1.12. The first-order valence-corrected chi connectivity index (χ1v) is 4.47. The van der Waals surface area contributed by atoms with Gasteiger partial charge in [-0.15, -0.1) is 0 Å². The van der Waals surface area contributed by atoms with Gasteiger partial charge >= 0.3 is 0 Å². The van der Waals surface area contributed by atoms with E-state index in [9.17, 15) is 10.2 Å². The van der Waals surface area contributed by atoms with Crippen molar-refractivity contribution in [2.75, 3.05) is 6.61 Å². The molecule has 0 bridgehead atoms. The first kappa shape index (κ1) is 10.6. The van der Waals surface area contributed by atoms with Gasteiger partial charge in [0.15, 0.2) is 6.29 Å². The van der Waals surface area contributed by atoms with E-state index in [2.05, 4.69) is 0 Å². The molecule has 0 amide bonds. The van der Waals surface area contributed by atoms with Crippen molar-refractivity contribution >= 4 is 23.0 Å². The van der Waals surface area contributed by atoms with Crippen molar-refractivity contribution in [2.45, 2.75) is 31.0 Å². The van der Waals surface area contributed by atoms with Crippen LogP contribution in [0.25, 0.3) is 0 Å². The molecule has 0 radical (unpaired) electrons. The van der Waals surface area contributed by atoms with Gasteiger partial charge in [0.05, 0.1) is 12.7 Å². The largest absolute Gasteiger partial charge is 0.394 e. The second kappa shape index (κ2) is 4.68. The summed E-state index contributed by atoms with van der Waals surface area (Å²) in [6, 6.07) is 0. The SMILES string of the molecule is OC[C@H]1OC(OI)CC(O)[C@H]1O. The van der Waals surface area contributed by atoms with E-state index in [1.54, 1.807) is 23.0 Å². The molecule has 3 N–H and O–H groups in total. The Morgan fingerprint density at radius 2 is 2.17 bits per heavy atom. The standard InChI is InChI=1S/C6H11IO5/c7-12-5-1-3(9)6(10)4(2-8)11-5/h3-6,8-10H,1-2H2/t3?,4-,5?,6-/m1/s1. The quantitative estimate of drug-likeness (QED) is 0.579. The zero-order chi connectivity index (χ0) is 9.14. The van der Waals surface area contributed by atoms with Crippen molar-refractivity contribution in [3.05, 3.63) is 0 Å². The molecule has 0 aliphatic carbocycles. The highest BCUT2D eigenvalue weighted by atomic mass is 127. The molecular formula is C6H11IO5. The second-order valence-corrected chi connectivity index (χ2v) is 3.18. The minimum atomic E-state index is -1.03. The van der Waals surface area contributed by atoms with Gasteiger partial charge in [-0.1, -0.05) is 0 Å². The normalized spacial score (nSPS) is 43.0. The van der Waals surface area contributed by atoms with E-state index < -0.39 is 24.6 Å². The van der Waals surface area contributed by atoms with Gasteiger partial charge in [0.25, 0.3) is 0 Å². The molecule has 0 aromatic carbocycles. The van der Waals surface area contributed by atoms with Gasteiger partial charge in [-0.2, -0.15) is 0 Å². The number of hydrogen-bond acceptors (Lipinski definition) is 5. The number of aliphatic hydroxyl groups excluding tert-OH is 3. The first-order valence-electron chi connectivity index (χ1n) is 3.59. The van der Waals surface area contributed by atoms with Crippen molar-refractivity contribution in [3.63, 3.8) is 0 Å². The fraction of sp³-hybridized carbons (Fsp3) is 1.00. The van der Waals surface area contributed by atoms with Crippen LogP contribution >= 0.6 is 23.0 Å². The lowest BCUT2D eigenvalue weighted by Gasteiger charge is -2.34. The Bertz CT molecular complexity index is 144. The third kappa shape index (κ3) is 2.27. The van der Waals surface area contributed by atoms with Crippen LogP contribution in [-0.2, 0) is 7.80 Å². The van der Waals surface area contributed by atoms with E-state index in [4.69, 9.17) is 12.9 Å². The third-order valence-corrected chi connectivity index (χ3v) is 2.38. The second-order valence-electron chi connectivity index (χ2n) is 2.67. The minimum absolute atomic E-state index is 0.223. The number of halogens is 1. The molecule has 1 rings (SSSR count). The average molecular weight is 290 g/mol. The van der Waals surface area contributed by atoms with Crippen LogP contribution in [0.3, 0.4) is 0 Å². The summed E-state index contributed by atoms with van der Waals surface area (Å²) < 4.78 is 9.89. The van der Waals surface area contributed by atoms with Crippen LogP contribution in [0.2, 0.25) is 0 Å². The maximum absolute atomic E-state index is 9.26. The molecule has 0 aromatic heterocycles. The number of hydrogen-bond donors (Lipinski definition) is 3. The molecule has 4 atom stereocenters. The summed E-state index contributed by atoms with van der Waals surface area (Å²) >= 11 is 1.65. The molecular weight excluding hydrogens is 279 g/mol. The van der Waals surface area contributed by atoms with E-state index >= 15 is 0 Å². The zero-order valence-corrected chi connectivity index (χ0v) is 8.42. The highest BCUT2D eigenvalue weighted by Gasteiger charge is 2.36. The highest BCUT2D eigenvalue weighted by Crippen LogP contribution is 2.22. The Morgan fingerprint density at radius 1 is 1.50 bits per heavy atom. The van der Waals surface area contributed by atoms with E-state index in [1.807, 2.05) is 0 Å². The smallest absolute Gasteiger partial charge is 0.172 e. The Hall–Kier alpha value is 0.530. The van der Waals surface area contributed by atoms with Gasteiger partial charge in [0.2, 0.25) is 0 Å². The molecule has 1 aliphatic heterocycles. The van der Waals surface area contributed by atoms with Gasteiger partial charge in [-0.3, -0.25) is 3.07 Å². The van der Waals surface area contributed by atoms with Crippen LogP contribution in [0.1, 0.15) is 6.42 Å².